The van der Waals surface area contributed by atoms with Gasteiger partial charge in [0.25, 0.3) is 0 Å². The minimum Gasteiger partial charge on any atom is -0.493 e. The molecule has 0 aliphatic carbocycles. The van der Waals surface area contributed by atoms with Crippen LogP contribution in [-0.4, -0.2) is 12.8 Å². The van der Waals surface area contributed by atoms with Crippen molar-refractivity contribution in [1.82, 2.24) is 0 Å². The lowest BCUT2D eigenvalue weighted by molar-refractivity contribution is 0.317. The van der Waals surface area contributed by atoms with E-state index in [1.54, 1.807) is 6.21 Å². The third-order valence-electron chi connectivity index (χ3n) is 3.28. The van der Waals surface area contributed by atoms with Gasteiger partial charge in [0.15, 0.2) is 0 Å². The van der Waals surface area contributed by atoms with Crippen molar-refractivity contribution in [3.63, 3.8) is 0 Å². The zero-order valence-corrected chi connectivity index (χ0v) is 13.4. The third kappa shape index (κ3) is 4.33. The van der Waals surface area contributed by atoms with E-state index in [-0.39, 0.29) is 0 Å². The standard InChI is InChI=1S/C18H20ClNO/c1-4-9-21-18-8-6-16(19)11-15(18)12-20-17-7-5-13(2)14(3)10-17/h5-8,10-12H,4,9H2,1-3H3. The molecule has 0 aliphatic rings. The van der Waals surface area contributed by atoms with Gasteiger partial charge in [-0.1, -0.05) is 24.6 Å². The molecule has 0 unspecified atom stereocenters. The molecular formula is C18H20ClNO. The molecule has 0 radical (unpaired) electrons. The Kier molecular flexibility index (Phi) is 5.40. The molecule has 0 saturated carbocycles. The molecule has 2 aromatic rings. The van der Waals surface area contributed by atoms with Crippen LogP contribution in [0.1, 0.15) is 30.0 Å². The van der Waals surface area contributed by atoms with Crippen molar-refractivity contribution in [2.75, 3.05) is 6.61 Å². The first-order chi connectivity index (χ1) is 10.1. The van der Waals surface area contributed by atoms with Crippen molar-refractivity contribution < 1.29 is 4.74 Å². The number of hydrogen-bond donors (Lipinski definition) is 0. The van der Waals surface area contributed by atoms with Crippen LogP contribution in [0, 0.1) is 13.8 Å². The molecule has 0 saturated heterocycles. The zero-order chi connectivity index (χ0) is 15.2. The van der Waals surface area contributed by atoms with Crippen LogP contribution < -0.4 is 4.74 Å². The van der Waals surface area contributed by atoms with E-state index in [1.165, 1.54) is 11.1 Å². The fraction of sp³-hybridized carbons (Fsp3) is 0.278. The Labute approximate surface area is 131 Å². The average Bonchev–Trinajstić information content (AvgIpc) is 2.47. The van der Waals surface area contributed by atoms with Gasteiger partial charge in [-0.25, -0.2) is 0 Å². The van der Waals surface area contributed by atoms with Crippen molar-refractivity contribution in [2.45, 2.75) is 27.2 Å². The van der Waals surface area contributed by atoms with Gasteiger partial charge in [0, 0.05) is 16.8 Å². The van der Waals surface area contributed by atoms with Crippen LogP contribution in [0.25, 0.3) is 0 Å². The van der Waals surface area contributed by atoms with E-state index >= 15 is 0 Å². The lowest BCUT2D eigenvalue weighted by atomic mass is 10.1. The number of aliphatic imine (C=N–C) groups is 1. The molecule has 0 heterocycles. The molecule has 0 aromatic heterocycles. The van der Waals surface area contributed by atoms with Crippen molar-refractivity contribution in [2.24, 2.45) is 4.99 Å². The molecule has 0 aliphatic heterocycles. The number of halogens is 1. The van der Waals surface area contributed by atoms with Crippen LogP contribution in [0.2, 0.25) is 5.02 Å². The maximum Gasteiger partial charge on any atom is 0.128 e. The van der Waals surface area contributed by atoms with Gasteiger partial charge in [-0.3, -0.25) is 4.99 Å². The summed E-state index contributed by atoms with van der Waals surface area (Å²) in [6.45, 7) is 6.95. The highest BCUT2D eigenvalue weighted by Gasteiger charge is 2.03. The first kappa shape index (κ1) is 15.6. The normalized spacial score (nSPS) is 11.0. The Balaban J connectivity index is 2.26. The number of aryl methyl sites for hydroxylation is 2. The summed E-state index contributed by atoms with van der Waals surface area (Å²) in [4.78, 5) is 4.52. The van der Waals surface area contributed by atoms with Gasteiger partial charge >= 0.3 is 0 Å². The minimum atomic E-state index is 0.681. The minimum absolute atomic E-state index is 0.681. The molecule has 0 fully saturated rings. The maximum atomic E-state index is 6.06. The molecule has 2 aromatic carbocycles. The van der Waals surface area contributed by atoms with Gasteiger partial charge in [-0.15, -0.1) is 0 Å². The van der Waals surface area contributed by atoms with E-state index < -0.39 is 0 Å². The zero-order valence-electron chi connectivity index (χ0n) is 12.7. The predicted molar refractivity (Wildman–Crippen MR) is 90.4 cm³/mol. The summed E-state index contributed by atoms with van der Waals surface area (Å²) in [7, 11) is 0. The maximum absolute atomic E-state index is 6.06. The summed E-state index contributed by atoms with van der Waals surface area (Å²) in [5, 5.41) is 0.681. The van der Waals surface area contributed by atoms with Gasteiger partial charge in [0.2, 0.25) is 0 Å². The Morgan fingerprint density at radius 2 is 1.90 bits per heavy atom. The number of benzene rings is 2. The van der Waals surface area contributed by atoms with Gasteiger partial charge in [0.05, 0.1) is 12.3 Å². The summed E-state index contributed by atoms with van der Waals surface area (Å²) in [5.41, 5.74) is 4.33. The molecule has 2 nitrogen and oxygen atoms in total. The lowest BCUT2D eigenvalue weighted by Crippen LogP contribution is -1.98. The fourth-order valence-corrected chi connectivity index (χ4v) is 2.09. The van der Waals surface area contributed by atoms with Crippen LogP contribution in [0.15, 0.2) is 41.4 Å². The molecule has 3 heteroatoms. The molecule has 21 heavy (non-hydrogen) atoms. The van der Waals surface area contributed by atoms with Crippen LogP contribution in [0.3, 0.4) is 0 Å². The Bertz CT molecular complexity index is 650. The second-order valence-electron chi connectivity index (χ2n) is 5.06. The smallest absolute Gasteiger partial charge is 0.128 e. The van der Waals surface area contributed by atoms with Crippen molar-refractivity contribution >= 4 is 23.5 Å². The SMILES string of the molecule is CCCOc1ccc(Cl)cc1C=Nc1ccc(C)c(C)c1. The van der Waals surface area contributed by atoms with E-state index in [0.717, 1.165) is 23.4 Å². The number of ether oxygens (including phenoxy) is 1. The number of rotatable bonds is 5. The summed E-state index contributed by atoms with van der Waals surface area (Å²) in [6, 6.07) is 11.8. The number of hydrogen-bond acceptors (Lipinski definition) is 2. The average molecular weight is 302 g/mol. The second kappa shape index (κ2) is 7.28. The Morgan fingerprint density at radius 3 is 2.62 bits per heavy atom. The molecule has 0 amide bonds. The molecular weight excluding hydrogens is 282 g/mol. The van der Waals surface area contributed by atoms with Crippen LogP contribution >= 0.6 is 11.6 Å². The molecule has 0 spiro atoms. The van der Waals surface area contributed by atoms with E-state index in [2.05, 4.69) is 37.9 Å². The summed E-state index contributed by atoms with van der Waals surface area (Å²) >= 11 is 6.06. The topological polar surface area (TPSA) is 21.6 Å². The first-order valence-electron chi connectivity index (χ1n) is 7.14. The third-order valence-corrected chi connectivity index (χ3v) is 3.51. The Morgan fingerprint density at radius 1 is 1.10 bits per heavy atom. The molecule has 0 bridgehead atoms. The van der Waals surface area contributed by atoms with Crippen LogP contribution in [0.4, 0.5) is 5.69 Å². The molecule has 2 rings (SSSR count). The first-order valence-corrected chi connectivity index (χ1v) is 7.51. The van der Waals surface area contributed by atoms with Crippen LogP contribution in [-0.2, 0) is 0 Å². The highest BCUT2D eigenvalue weighted by Crippen LogP contribution is 2.23. The summed E-state index contributed by atoms with van der Waals surface area (Å²) in [5.74, 6) is 0.814. The lowest BCUT2D eigenvalue weighted by Gasteiger charge is -2.08. The van der Waals surface area contributed by atoms with Gasteiger partial charge in [0.1, 0.15) is 5.75 Å². The second-order valence-corrected chi connectivity index (χ2v) is 5.49. The number of nitrogens with zero attached hydrogens (tertiary/aromatic N) is 1. The van der Waals surface area contributed by atoms with Crippen LogP contribution in [0.5, 0.6) is 5.75 Å². The van der Waals surface area contributed by atoms with Crippen molar-refractivity contribution in [3.05, 3.63) is 58.1 Å². The molecule has 0 N–H and O–H groups in total. The largest absolute Gasteiger partial charge is 0.493 e. The monoisotopic (exact) mass is 301 g/mol. The van der Waals surface area contributed by atoms with E-state index in [4.69, 9.17) is 16.3 Å². The molecule has 0 atom stereocenters. The van der Waals surface area contributed by atoms with Crippen molar-refractivity contribution in [1.29, 1.82) is 0 Å². The van der Waals surface area contributed by atoms with E-state index in [0.29, 0.717) is 11.6 Å². The van der Waals surface area contributed by atoms with E-state index in [1.807, 2.05) is 24.3 Å². The Hall–Kier alpha value is -1.80. The predicted octanol–water partition coefficient (Wildman–Crippen LogP) is 5.50. The summed E-state index contributed by atoms with van der Waals surface area (Å²) < 4.78 is 5.72. The summed E-state index contributed by atoms with van der Waals surface area (Å²) in [6.07, 6.45) is 2.78. The van der Waals surface area contributed by atoms with Crippen molar-refractivity contribution in [3.8, 4) is 5.75 Å². The van der Waals surface area contributed by atoms with Gasteiger partial charge in [-0.2, -0.15) is 0 Å². The van der Waals surface area contributed by atoms with E-state index in [9.17, 15) is 0 Å². The highest BCUT2D eigenvalue weighted by atomic mass is 35.5. The van der Waals surface area contributed by atoms with Gasteiger partial charge in [-0.05, 0) is 61.7 Å². The van der Waals surface area contributed by atoms with Gasteiger partial charge < -0.3 is 4.74 Å². The quantitative estimate of drug-likeness (QED) is 0.669. The fourth-order valence-electron chi connectivity index (χ4n) is 1.91. The molecule has 110 valence electrons. The highest BCUT2D eigenvalue weighted by molar-refractivity contribution is 6.30.